The number of fused-ring (bicyclic) bond motifs is 2. The second-order valence-corrected chi connectivity index (χ2v) is 10.5. The average Bonchev–Trinajstić information content (AvgIpc) is 2.97. The molecule has 0 aliphatic carbocycles. The van der Waals surface area contributed by atoms with Crippen molar-refractivity contribution < 1.29 is 68.6 Å². The Morgan fingerprint density at radius 3 is 2.12 bits per heavy atom. The Hall–Kier alpha value is -3.25. The molecule has 1 aromatic heterocycles. The third kappa shape index (κ3) is 5.48. The first-order chi connectivity index (χ1) is 20.4. The quantitative estimate of drug-likeness (QED) is 0.159. The van der Waals surface area contributed by atoms with E-state index in [1.54, 1.807) is 13.0 Å². The highest BCUT2D eigenvalue weighted by atomic mass is 16.7. The number of rotatable bonds is 7. The van der Waals surface area contributed by atoms with Gasteiger partial charge in [0.2, 0.25) is 6.29 Å². The number of ether oxygens (including phenoxy) is 6. The Morgan fingerprint density at radius 1 is 0.791 bits per heavy atom. The van der Waals surface area contributed by atoms with Gasteiger partial charge in [-0.2, -0.15) is 0 Å². The van der Waals surface area contributed by atoms with Crippen LogP contribution in [0.3, 0.4) is 0 Å². The molecule has 2 aliphatic rings. The van der Waals surface area contributed by atoms with E-state index in [1.807, 2.05) is 0 Å². The molecule has 236 valence electrons. The Balaban J connectivity index is 1.50. The molecule has 2 aliphatic heterocycles. The van der Waals surface area contributed by atoms with Crippen molar-refractivity contribution in [3.8, 4) is 23.0 Å². The van der Waals surface area contributed by atoms with Crippen molar-refractivity contribution >= 4 is 21.5 Å². The molecule has 0 bridgehead atoms. The molecule has 3 heterocycles. The second kappa shape index (κ2) is 12.0. The van der Waals surface area contributed by atoms with Gasteiger partial charge in [-0.1, -0.05) is 0 Å². The first kappa shape index (κ1) is 31.2. The number of aliphatic hydroxyl groups is 6. The number of phenolic OH excluding ortho intramolecular Hbond substituents is 1. The third-order valence-electron chi connectivity index (χ3n) is 7.70. The van der Waals surface area contributed by atoms with Crippen LogP contribution in [0, 0.1) is 6.92 Å². The highest BCUT2D eigenvalue weighted by Crippen LogP contribution is 2.47. The molecule has 43 heavy (non-hydrogen) atoms. The lowest BCUT2D eigenvalue weighted by Crippen LogP contribution is -2.61. The van der Waals surface area contributed by atoms with Crippen LogP contribution in [0.2, 0.25) is 0 Å². The summed E-state index contributed by atoms with van der Waals surface area (Å²) in [5.74, 6) is 0.0580. The Morgan fingerprint density at radius 2 is 1.44 bits per heavy atom. The highest BCUT2D eigenvalue weighted by molar-refractivity contribution is 6.13. The van der Waals surface area contributed by atoms with Crippen molar-refractivity contribution in [1.82, 2.24) is 0 Å². The van der Waals surface area contributed by atoms with E-state index in [0.717, 1.165) is 0 Å². The summed E-state index contributed by atoms with van der Waals surface area (Å²) in [5.41, 5.74) is -0.835. The smallest absolute Gasteiger partial charge is 0.347 e. The van der Waals surface area contributed by atoms with E-state index in [9.17, 15) is 40.5 Å². The molecule has 3 aromatic rings. The molecule has 5 rings (SSSR count). The van der Waals surface area contributed by atoms with Crippen molar-refractivity contribution in [3.63, 3.8) is 0 Å². The lowest BCUT2D eigenvalue weighted by atomic mass is 9.98. The first-order valence-electron chi connectivity index (χ1n) is 13.4. The monoisotopic (exact) mass is 610 g/mol. The maximum atomic E-state index is 12.8. The molecule has 0 amide bonds. The number of phenols is 1. The van der Waals surface area contributed by atoms with Gasteiger partial charge in [0, 0.05) is 16.8 Å². The molecule has 0 spiro atoms. The summed E-state index contributed by atoms with van der Waals surface area (Å²) in [5, 5.41) is 73.7. The molecular weight excluding hydrogens is 576 g/mol. The van der Waals surface area contributed by atoms with Crippen LogP contribution >= 0.6 is 0 Å². The average molecular weight is 611 g/mol. The Kier molecular flexibility index (Phi) is 8.72. The largest absolute Gasteiger partial charge is 0.506 e. The van der Waals surface area contributed by atoms with Crippen LogP contribution in [0.15, 0.2) is 27.4 Å². The molecule has 2 fully saturated rings. The van der Waals surface area contributed by atoms with Crippen LogP contribution in [0.1, 0.15) is 12.7 Å². The fraction of sp³-hybridized carbons (Fsp3) is 0.536. The van der Waals surface area contributed by atoms with Crippen molar-refractivity contribution in [2.75, 3.05) is 20.8 Å². The van der Waals surface area contributed by atoms with Gasteiger partial charge in [-0.3, -0.25) is 0 Å². The summed E-state index contributed by atoms with van der Waals surface area (Å²) >= 11 is 0. The maximum absolute atomic E-state index is 12.8. The van der Waals surface area contributed by atoms with Crippen molar-refractivity contribution in [1.29, 1.82) is 0 Å². The van der Waals surface area contributed by atoms with Gasteiger partial charge in [0.25, 0.3) is 0 Å². The van der Waals surface area contributed by atoms with Crippen LogP contribution in [-0.4, -0.2) is 118 Å². The molecule has 15 nitrogen and oxygen atoms in total. The molecule has 2 aromatic carbocycles. The van der Waals surface area contributed by atoms with Gasteiger partial charge in [0.15, 0.2) is 6.29 Å². The van der Waals surface area contributed by atoms with E-state index in [0.29, 0.717) is 0 Å². The summed E-state index contributed by atoms with van der Waals surface area (Å²) in [6.07, 6.45) is -15.2. The normalized spacial score (nSPS) is 33.1. The van der Waals surface area contributed by atoms with Crippen molar-refractivity contribution in [2.45, 2.75) is 75.3 Å². The lowest BCUT2D eigenvalue weighted by molar-refractivity contribution is -0.318. The van der Waals surface area contributed by atoms with Crippen molar-refractivity contribution in [3.05, 3.63) is 34.4 Å². The van der Waals surface area contributed by atoms with E-state index < -0.39 is 79.4 Å². The fourth-order valence-corrected chi connectivity index (χ4v) is 5.35. The van der Waals surface area contributed by atoms with Gasteiger partial charge in [0.1, 0.15) is 76.9 Å². The molecule has 10 atom stereocenters. The summed E-state index contributed by atoms with van der Waals surface area (Å²) in [6.45, 7) is 2.52. The minimum absolute atomic E-state index is 0.0224. The molecule has 0 saturated carbocycles. The fourth-order valence-electron chi connectivity index (χ4n) is 5.35. The zero-order valence-electron chi connectivity index (χ0n) is 23.6. The van der Waals surface area contributed by atoms with Gasteiger partial charge in [-0.25, -0.2) is 4.79 Å². The summed E-state index contributed by atoms with van der Waals surface area (Å²) in [7, 11) is 2.76. The number of aliphatic hydroxyl groups excluding tert-OH is 6. The van der Waals surface area contributed by atoms with Gasteiger partial charge >= 0.3 is 5.63 Å². The van der Waals surface area contributed by atoms with Gasteiger partial charge in [-0.15, -0.1) is 0 Å². The predicted octanol–water partition coefficient (Wildman–Crippen LogP) is -0.992. The number of hydrogen-bond acceptors (Lipinski definition) is 15. The summed E-state index contributed by atoms with van der Waals surface area (Å²) in [6, 6.07) is 4.42. The third-order valence-corrected chi connectivity index (χ3v) is 7.70. The Bertz CT molecular complexity index is 1540. The number of methoxy groups -OCH3 is 2. The second-order valence-electron chi connectivity index (χ2n) is 10.5. The van der Waals surface area contributed by atoms with E-state index in [-0.39, 0.29) is 44.6 Å². The molecule has 2 saturated heterocycles. The first-order valence-corrected chi connectivity index (χ1v) is 13.4. The number of aromatic hydroxyl groups is 1. The van der Waals surface area contributed by atoms with Crippen LogP contribution < -0.4 is 19.8 Å². The summed E-state index contributed by atoms with van der Waals surface area (Å²) < 4.78 is 38.8. The van der Waals surface area contributed by atoms with E-state index in [1.165, 1.54) is 33.3 Å². The Labute approximate surface area is 243 Å². The highest BCUT2D eigenvalue weighted by Gasteiger charge is 2.47. The van der Waals surface area contributed by atoms with Crippen molar-refractivity contribution in [2.24, 2.45) is 0 Å². The molecule has 0 radical (unpaired) electrons. The predicted molar refractivity (Wildman–Crippen MR) is 145 cm³/mol. The van der Waals surface area contributed by atoms with Crippen LogP contribution in [-0.2, 0) is 14.2 Å². The van der Waals surface area contributed by atoms with E-state index >= 15 is 0 Å². The molecular formula is C28H34O15. The zero-order valence-corrected chi connectivity index (χ0v) is 23.6. The topological polar surface area (TPSA) is 227 Å². The number of benzene rings is 2. The van der Waals surface area contributed by atoms with E-state index in [4.69, 9.17) is 32.8 Å². The SMILES string of the molecule is COc1cc(O[C@@H]2O[C@H](CO[C@@H]3O[C@H](C)[C@@H](O)[C@H](O)[C@@H]3O)[C@@H](O)[C@H](O)[C@H]2O)c2c(O)c3c(=O)oc(C)cc3c(OC)c2c1. The minimum atomic E-state index is -1.81. The molecule has 0 unspecified atom stereocenters. The van der Waals surface area contributed by atoms with Gasteiger partial charge in [-0.05, 0) is 26.0 Å². The lowest BCUT2D eigenvalue weighted by Gasteiger charge is -2.42. The van der Waals surface area contributed by atoms with Gasteiger partial charge < -0.3 is 68.6 Å². The molecule has 7 N–H and O–H groups in total. The van der Waals surface area contributed by atoms with Crippen LogP contribution in [0.4, 0.5) is 0 Å². The summed E-state index contributed by atoms with van der Waals surface area (Å²) in [4.78, 5) is 12.8. The zero-order chi connectivity index (χ0) is 31.3. The van der Waals surface area contributed by atoms with Crippen LogP contribution in [0.5, 0.6) is 23.0 Å². The van der Waals surface area contributed by atoms with Gasteiger partial charge in [0.05, 0.1) is 32.3 Å². The van der Waals surface area contributed by atoms with E-state index in [2.05, 4.69) is 0 Å². The number of aryl methyl sites for hydroxylation is 1. The standard InChI is InChI=1S/C28H34O15/c1-9-5-12-17(26(36)40-9)20(31)16-13(25(12)38-4)6-11(37-3)7-14(16)42-28-24(35)22(33)19(30)15(43-28)8-39-27-23(34)21(32)18(29)10(2)41-27/h5-7,10,15,18-19,21-24,27-35H,8H2,1-4H3/t10-,15-,18-,19-,21+,22+,23+,24-,27-,28-/m1/s1. The maximum Gasteiger partial charge on any atom is 0.347 e. The molecule has 15 heteroatoms. The number of hydrogen-bond donors (Lipinski definition) is 7. The van der Waals surface area contributed by atoms with Crippen LogP contribution in [0.25, 0.3) is 21.5 Å². The minimum Gasteiger partial charge on any atom is -0.506 e.